The number of aliphatic hydroxyl groups excluding tert-OH is 8. The average Bonchev–Trinajstić information content (AvgIpc) is 3.23. The molecule has 0 aromatic carbocycles. The molecule has 3 saturated heterocycles. The van der Waals surface area contributed by atoms with Crippen molar-refractivity contribution in [2.75, 3.05) is 13.2 Å². The Labute approximate surface area is 376 Å². The third-order valence-electron chi connectivity index (χ3n) is 19.4. The fraction of sp³-hybridized carbons (Fsp3) is 0.936. The van der Waals surface area contributed by atoms with Gasteiger partial charge in [0.15, 0.2) is 18.9 Å². The molecule has 10 N–H and O–H groups in total. The third-order valence-corrected chi connectivity index (χ3v) is 19.4. The molecule has 0 amide bonds. The van der Waals surface area contributed by atoms with Gasteiger partial charge in [-0.2, -0.15) is 0 Å². The molecule has 0 aromatic heterocycles. The summed E-state index contributed by atoms with van der Waals surface area (Å²) in [6.45, 7) is 15.9. The quantitative estimate of drug-likeness (QED) is 0.122. The standard InChI is InChI=1S/C47H76O17/c1-21-11-16-47(41(56)57)18-17-44(6)23(37(47)46(21,8)58)9-10-27-43(5)14-13-28(42(3,4)26(43)12-15-45(27,44)7)62-39-35(30(51)24(49)20-59-39)64-40-36(33(54)31(52)25(19-48)61-40)63-38-34(55)32(53)29(50)22(2)60-38/h9,21-22,24-40,48-55,58H,10-20H2,1-8H3,(H,56,57)/t21?,22-,24+,25+,26-,27?,28?,29-,30-,31+,32+,33-,34+,35+,36+,37+,38-,39-,40-,43?,44+,45?,46+,47?/m0/s1. The Bertz CT molecular complexity index is 1760. The molecule has 0 spiro atoms. The van der Waals surface area contributed by atoms with Gasteiger partial charge in [-0.05, 0) is 111 Å². The van der Waals surface area contributed by atoms with Crippen molar-refractivity contribution < 1.29 is 84.3 Å². The zero-order valence-corrected chi connectivity index (χ0v) is 38.7. The van der Waals surface area contributed by atoms with Gasteiger partial charge in [-0.3, -0.25) is 4.79 Å². The van der Waals surface area contributed by atoms with E-state index in [0.717, 1.165) is 37.7 Å². The van der Waals surface area contributed by atoms with E-state index in [-0.39, 0.29) is 40.6 Å². The first-order chi connectivity index (χ1) is 29.8. The molecule has 5 aliphatic carbocycles. The zero-order valence-electron chi connectivity index (χ0n) is 38.7. The van der Waals surface area contributed by atoms with Gasteiger partial charge >= 0.3 is 5.97 Å². The van der Waals surface area contributed by atoms with E-state index in [1.54, 1.807) is 0 Å². The maximum absolute atomic E-state index is 13.2. The lowest BCUT2D eigenvalue weighted by atomic mass is 9.33. The van der Waals surface area contributed by atoms with Crippen molar-refractivity contribution in [1.82, 2.24) is 0 Å². The van der Waals surface area contributed by atoms with Crippen LogP contribution in [0.1, 0.15) is 113 Å². The lowest BCUT2D eigenvalue weighted by Crippen LogP contribution is -2.68. The number of allylic oxidation sites excluding steroid dienone is 1. The summed E-state index contributed by atoms with van der Waals surface area (Å²) in [6, 6.07) is 0. The van der Waals surface area contributed by atoms with E-state index in [2.05, 4.69) is 40.7 Å². The number of ether oxygens (including phenoxy) is 6. The van der Waals surface area contributed by atoms with E-state index < -0.39 is 127 Å². The topological polar surface area (TPSA) is 275 Å². The monoisotopic (exact) mass is 913 g/mol. The smallest absolute Gasteiger partial charge is 0.310 e. The third kappa shape index (κ3) is 7.23. The number of fused-ring (bicyclic) bond motifs is 7. The van der Waals surface area contributed by atoms with Crippen LogP contribution in [0.3, 0.4) is 0 Å². The van der Waals surface area contributed by atoms with Crippen LogP contribution in [0.4, 0.5) is 0 Å². The van der Waals surface area contributed by atoms with Crippen LogP contribution in [0.25, 0.3) is 0 Å². The number of rotatable bonds is 8. The number of aliphatic hydroxyl groups is 9. The zero-order chi connectivity index (χ0) is 46.9. The Morgan fingerprint density at radius 2 is 1.39 bits per heavy atom. The summed E-state index contributed by atoms with van der Waals surface area (Å²) in [7, 11) is 0. The van der Waals surface area contributed by atoms with E-state index in [4.69, 9.17) is 28.4 Å². The summed E-state index contributed by atoms with van der Waals surface area (Å²) >= 11 is 0. The van der Waals surface area contributed by atoms with E-state index in [1.807, 2.05) is 13.8 Å². The van der Waals surface area contributed by atoms with Gasteiger partial charge in [0.05, 0.1) is 36.4 Å². The number of carboxylic acids is 1. The molecule has 366 valence electrons. The van der Waals surface area contributed by atoms with E-state index in [1.165, 1.54) is 6.92 Å². The van der Waals surface area contributed by atoms with Gasteiger partial charge in [-0.15, -0.1) is 0 Å². The fourth-order valence-corrected chi connectivity index (χ4v) is 15.0. The predicted octanol–water partition coefficient (Wildman–Crippen LogP) is 1.34. The predicted molar refractivity (Wildman–Crippen MR) is 225 cm³/mol. The fourth-order valence-electron chi connectivity index (χ4n) is 15.0. The molecule has 17 nitrogen and oxygen atoms in total. The van der Waals surface area contributed by atoms with Crippen molar-refractivity contribution in [3.8, 4) is 0 Å². The van der Waals surface area contributed by atoms with Gasteiger partial charge in [-0.1, -0.05) is 53.2 Å². The minimum atomic E-state index is -1.80. The molecule has 0 aromatic rings. The molecule has 3 heterocycles. The van der Waals surface area contributed by atoms with Gasteiger partial charge in [-0.25, -0.2) is 0 Å². The van der Waals surface area contributed by atoms with Crippen molar-refractivity contribution >= 4 is 5.97 Å². The molecule has 24 atom stereocenters. The van der Waals surface area contributed by atoms with Crippen LogP contribution >= 0.6 is 0 Å². The van der Waals surface area contributed by atoms with Gasteiger partial charge in [0.2, 0.25) is 0 Å². The highest BCUT2D eigenvalue weighted by Gasteiger charge is 2.71. The average molecular weight is 913 g/mol. The Morgan fingerprint density at radius 3 is 2.06 bits per heavy atom. The van der Waals surface area contributed by atoms with Crippen LogP contribution in [-0.4, -0.2) is 168 Å². The normalized spacial score (nSPS) is 56.1. The number of aliphatic carboxylic acids is 1. The summed E-state index contributed by atoms with van der Waals surface area (Å²) in [5, 5.41) is 109. The molecule has 6 unspecified atom stereocenters. The summed E-state index contributed by atoms with van der Waals surface area (Å²) < 4.78 is 36.6. The van der Waals surface area contributed by atoms with E-state index in [0.29, 0.717) is 25.7 Å². The Hall–Kier alpha value is -1.39. The Morgan fingerprint density at radius 1 is 0.719 bits per heavy atom. The van der Waals surface area contributed by atoms with E-state index in [9.17, 15) is 55.9 Å². The van der Waals surface area contributed by atoms with Crippen LogP contribution in [0.5, 0.6) is 0 Å². The first-order valence-electron chi connectivity index (χ1n) is 23.7. The molecule has 64 heavy (non-hydrogen) atoms. The number of hydrogen-bond donors (Lipinski definition) is 10. The lowest BCUT2D eigenvalue weighted by molar-refractivity contribution is -0.392. The van der Waals surface area contributed by atoms with Gasteiger partial charge in [0, 0.05) is 5.92 Å². The minimum Gasteiger partial charge on any atom is -0.481 e. The summed E-state index contributed by atoms with van der Waals surface area (Å²) in [6.07, 6.45) is -13.0. The molecule has 0 radical (unpaired) electrons. The Kier molecular flexibility index (Phi) is 13.0. The maximum atomic E-state index is 13.2. The molecular formula is C47H76O17. The number of carbonyl (C=O) groups is 1. The van der Waals surface area contributed by atoms with E-state index >= 15 is 0 Å². The van der Waals surface area contributed by atoms with Crippen molar-refractivity contribution in [3.63, 3.8) is 0 Å². The second-order valence-electron chi connectivity index (χ2n) is 22.7. The van der Waals surface area contributed by atoms with Crippen molar-refractivity contribution in [3.05, 3.63) is 11.6 Å². The lowest BCUT2D eigenvalue weighted by Gasteiger charge is -2.72. The molecule has 17 heteroatoms. The molecule has 0 bridgehead atoms. The van der Waals surface area contributed by atoms with Crippen LogP contribution in [0.15, 0.2) is 11.6 Å². The first kappa shape index (κ1) is 49.0. The molecule has 4 saturated carbocycles. The molecule has 3 aliphatic heterocycles. The highest BCUT2D eigenvalue weighted by atomic mass is 16.8. The largest absolute Gasteiger partial charge is 0.481 e. The van der Waals surface area contributed by atoms with Crippen LogP contribution in [0, 0.1) is 50.7 Å². The molecular weight excluding hydrogens is 836 g/mol. The molecule has 8 rings (SSSR count). The summed E-state index contributed by atoms with van der Waals surface area (Å²) in [5.74, 6) is -0.871. The van der Waals surface area contributed by atoms with Crippen molar-refractivity contribution in [2.45, 2.75) is 211 Å². The summed E-state index contributed by atoms with van der Waals surface area (Å²) in [4.78, 5) is 13.2. The number of carboxylic acid groups (broad SMARTS) is 1. The van der Waals surface area contributed by atoms with Gasteiger partial charge < -0.3 is 79.5 Å². The van der Waals surface area contributed by atoms with Crippen LogP contribution < -0.4 is 0 Å². The highest BCUT2D eigenvalue weighted by Crippen LogP contribution is 2.76. The minimum absolute atomic E-state index is 0.0348. The molecule has 8 aliphatic rings. The van der Waals surface area contributed by atoms with Crippen LogP contribution in [0.2, 0.25) is 0 Å². The second-order valence-corrected chi connectivity index (χ2v) is 22.7. The molecule has 7 fully saturated rings. The second kappa shape index (κ2) is 16.9. The van der Waals surface area contributed by atoms with Crippen LogP contribution in [-0.2, 0) is 33.2 Å². The first-order valence-corrected chi connectivity index (χ1v) is 23.7. The van der Waals surface area contributed by atoms with Crippen molar-refractivity contribution in [2.24, 2.45) is 50.7 Å². The Balaban J connectivity index is 1.04. The maximum Gasteiger partial charge on any atom is 0.310 e. The van der Waals surface area contributed by atoms with Crippen molar-refractivity contribution in [1.29, 1.82) is 0 Å². The number of hydrogen-bond acceptors (Lipinski definition) is 16. The SMILES string of the molecule is CC1CCC2(C(=O)O)CC[C@]3(C)C(=CCC4C5(C)CCC(O[C@@H]6OC[C@@H](O)[C@H](O)[C@H]6O[C@@H]6O[C@H](CO)[C@@H](O)[C@H](O)[C@H]6O[C@@H]6O[C@@H](C)[C@H](O)[C@@H](O)[C@H]6O)C(C)(C)[C@@H]5CCC43C)[C@@H]2[C@]1(C)O. The van der Waals surface area contributed by atoms with Gasteiger partial charge in [0.1, 0.15) is 61.0 Å². The van der Waals surface area contributed by atoms with Gasteiger partial charge in [0.25, 0.3) is 0 Å². The summed E-state index contributed by atoms with van der Waals surface area (Å²) in [5.41, 5.74) is -2.10. The highest BCUT2D eigenvalue weighted by molar-refractivity contribution is 5.77.